The number of nitrogens with one attached hydrogen (secondary N) is 1. The van der Waals surface area contributed by atoms with Crippen molar-refractivity contribution < 1.29 is 18.7 Å². The minimum atomic E-state index is -0.588. The van der Waals surface area contributed by atoms with Crippen LogP contribution in [0.1, 0.15) is 59.6 Å². The summed E-state index contributed by atoms with van der Waals surface area (Å²) in [6, 6.07) is 21.8. The van der Waals surface area contributed by atoms with Gasteiger partial charge in [-0.3, -0.25) is 4.79 Å². The van der Waals surface area contributed by atoms with Crippen LogP contribution in [0.3, 0.4) is 0 Å². The minimum absolute atomic E-state index is 0.00647. The van der Waals surface area contributed by atoms with Gasteiger partial charge >= 0.3 is 6.09 Å². The fraction of sp³-hybridized carbons (Fsp3) is 0.259. The summed E-state index contributed by atoms with van der Waals surface area (Å²) in [6.07, 6.45) is 1.08. The van der Waals surface area contributed by atoms with Crippen molar-refractivity contribution in [2.24, 2.45) is 0 Å². The monoisotopic (exact) mass is 467 g/mol. The van der Waals surface area contributed by atoms with Gasteiger partial charge in [-0.15, -0.1) is 0 Å². The molecule has 3 aromatic rings. The highest BCUT2D eigenvalue weighted by molar-refractivity contribution is 6.30. The Morgan fingerprint density at radius 3 is 2.27 bits per heavy atom. The fourth-order valence-corrected chi connectivity index (χ4v) is 3.82. The predicted octanol–water partition coefficient (Wildman–Crippen LogP) is 7.10. The zero-order valence-corrected chi connectivity index (χ0v) is 19.2. The molecule has 1 amide bonds. The number of alkyl carbamates (subject to hydrolysis) is 1. The first kappa shape index (κ1) is 24.5. The van der Waals surface area contributed by atoms with Crippen LogP contribution in [0.2, 0.25) is 5.02 Å². The van der Waals surface area contributed by atoms with Gasteiger partial charge in [0.25, 0.3) is 0 Å². The molecule has 3 aromatic carbocycles. The van der Waals surface area contributed by atoms with Gasteiger partial charge in [0.15, 0.2) is 5.78 Å². The van der Waals surface area contributed by atoms with E-state index in [1.54, 1.807) is 24.3 Å². The number of benzene rings is 3. The van der Waals surface area contributed by atoms with E-state index in [1.807, 2.05) is 49.4 Å². The first-order valence-corrected chi connectivity index (χ1v) is 11.4. The third-order valence-corrected chi connectivity index (χ3v) is 5.70. The zero-order valence-electron chi connectivity index (χ0n) is 18.5. The van der Waals surface area contributed by atoms with Crippen LogP contribution in [0, 0.1) is 5.82 Å². The van der Waals surface area contributed by atoms with E-state index in [0.29, 0.717) is 11.6 Å². The minimum Gasteiger partial charge on any atom is -0.450 e. The van der Waals surface area contributed by atoms with E-state index >= 15 is 0 Å². The maximum atomic E-state index is 14.3. The number of hydrogen-bond acceptors (Lipinski definition) is 3. The number of rotatable bonds is 10. The number of Topliss-reactive ketones (excluding diaryl/α,β-unsaturated/α-hetero) is 1. The van der Waals surface area contributed by atoms with Gasteiger partial charge < -0.3 is 10.1 Å². The Labute approximate surface area is 198 Å². The van der Waals surface area contributed by atoms with Crippen LogP contribution in [-0.4, -0.2) is 18.5 Å². The average molecular weight is 468 g/mol. The molecule has 1 N–H and O–H groups in total. The molecule has 4 nitrogen and oxygen atoms in total. The molecule has 2 unspecified atom stereocenters. The Morgan fingerprint density at radius 2 is 1.61 bits per heavy atom. The Kier molecular flexibility index (Phi) is 9.02. The topological polar surface area (TPSA) is 55.4 Å². The SMILES string of the molecule is CCCCOC(=O)NC(c1ccc(Cl)cc1)C(CC(=O)c1ccccc1F)c1ccccc1. The largest absolute Gasteiger partial charge is 0.450 e. The first-order valence-electron chi connectivity index (χ1n) is 11.0. The van der Waals surface area contributed by atoms with Crippen LogP contribution < -0.4 is 5.32 Å². The number of ketones is 1. The van der Waals surface area contributed by atoms with E-state index < -0.39 is 23.9 Å². The molecule has 0 saturated heterocycles. The van der Waals surface area contributed by atoms with Crippen molar-refractivity contribution in [1.82, 2.24) is 5.32 Å². The number of carbonyl (C=O) groups is 2. The lowest BCUT2D eigenvalue weighted by molar-refractivity contribution is 0.0958. The van der Waals surface area contributed by atoms with Gasteiger partial charge in [-0.05, 0) is 41.8 Å². The van der Waals surface area contributed by atoms with Crippen LogP contribution in [0.25, 0.3) is 0 Å². The molecular formula is C27H27ClFNO3. The highest BCUT2D eigenvalue weighted by Crippen LogP contribution is 2.36. The summed E-state index contributed by atoms with van der Waals surface area (Å²) in [4.78, 5) is 25.7. The second-order valence-corrected chi connectivity index (χ2v) is 8.22. The van der Waals surface area contributed by atoms with E-state index in [2.05, 4.69) is 5.32 Å². The van der Waals surface area contributed by atoms with Gasteiger partial charge in [0.2, 0.25) is 0 Å². The third-order valence-electron chi connectivity index (χ3n) is 5.44. The summed E-state index contributed by atoms with van der Waals surface area (Å²) in [5.74, 6) is -1.37. The fourth-order valence-electron chi connectivity index (χ4n) is 3.69. The highest BCUT2D eigenvalue weighted by atomic mass is 35.5. The molecule has 0 radical (unpaired) electrons. The lowest BCUT2D eigenvalue weighted by Crippen LogP contribution is -2.34. The van der Waals surface area contributed by atoms with Crippen molar-refractivity contribution in [2.75, 3.05) is 6.61 Å². The van der Waals surface area contributed by atoms with Crippen LogP contribution in [0.5, 0.6) is 0 Å². The molecule has 0 spiro atoms. The lowest BCUT2D eigenvalue weighted by Gasteiger charge is -2.28. The van der Waals surface area contributed by atoms with Gasteiger partial charge in [-0.2, -0.15) is 0 Å². The molecule has 3 rings (SSSR count). The standard InChI is InChI=1S/C27H27ClFNO3/c1-2-3-17-33-27(32)30-26(20-13-15-21(28)16-14-20)23(19-9-5-4-6-10-19)18-25(31)22-11-7-8-12-24(22)29/h4-16,23,26H,2-3,17-18H2,1H3,(H,30,32). The molecule has 0 aliphatic carbocycles. The molecular weight excluding hydrogens is 441 g/mol. The molecule has 33 heavy (non-hydrogen) atoms. The average Bonchev–Trinajstić information content (AvgIpc) is 2.83. The molecule has 0 aliphatic rings. The van der Waals surface area contributed by atoms with Crippen molar-refractivity contribution in [3.8, 4) is 0 Å². The number of halogens is 2. The summed E-state index contributed by atoms with van der Waals surface area (Å²) in [7, 11) is 0. The van der Waals surface area contributed by atoms with Gasteiger partial charge in [0.05, 0.1) is 18.2 Å². The van der Waals surface area contributed by atoms with Crippen LogP contribution in [0.4, 0.5) is 9.18 Å². The van der Waals surface area contributed by atoms with Crippen molar-refractivity contribution in [3.63, 3.8) is 0 Å². The quantitative estimate of drug-likeness (QED) is 0.255. The Balaban J connectivity index is 1.97. The lowest BCUT2D eigenvalue weighted by atomic mass is 9.82. The molecule has 0 saturated carbocycles. The molecule has 0 aliphatic heterocycles. The van der Waals surface area contributed by atoms with Crippen molar-refractivity contribution in [1.29, 1.82) is 0 Å². The molecule has 2 atom stereocenters. The highest BCUT2D eigenvalue weighted by Gasteiger charge is 2.30. The van der Waals surface area contributed by atoms with E-state index in [4.69, 9.17) is 16.3 Å². The van der Waals surface area contributed by atoms with E-state index in [1.165, 1.54) is 12.1 Å². The molecule has 0 bridgehead atoms. The second kappa shape index (κ2) is 12.2. The van der Waals surface area contributed by atoms with E-state index in [9.17, 15) is 14.0 Å². The molecule has 0 aromatic heterocycles. The predicted molar refractivity (Wildman–Crippen MR) is 128 cm³/mol. The normalized spacial score (nSPS) is 12.6. The number of ether oxygens (including phenoxy) is 1. The number of amides is 1. The van der Waals surface area contributed by atoms with Gasteiger partial charge in [-0.1, -0.05) is 79.5 Å². The number of unbranched alkanes of at least 4 members (excludes halogenated alkanes) is 1. The Hall–Kier alpha value is -3.18. The summed E-state index contributed by atoms with van der Waals surface area (Å²) in [6.45, 7) is 2.32. The summed E-state index contributed by atoms with van der Waals surface area (Å²) in [5, 5.41) is 3.49. The summed E-state index contributed by atoms with van der Waals surface area (Å²) in [5.41, 5.74) is 1.64. The van der Waals surface area contributed by atoms with Crippen molar-refractivity contribution in [2.45, 2.75) is 38.1 Å². The molecule has 172 valence electrons. The third kappa shape index (κ3) is 6.90. The summed E-state index contributed by atoms with van der Waals surface area (Å²) >= 11 is 6.08. The molecule has 0 heterocycles. The molecule has 6 heteroatoms. The van der Waals surface area contributed by atoms with Crippen LogP contribution in [0.15, 0.2) is 78.9 Å². The first-order chi connectivity index (χ1) is 16.0. The van der Waals surface area contributed by atoms with Gasteiger partial charge in [0.1, 0.15) is 5.82 Å². The van der Waals surface area contributed by atoms with Crippen LogP contribution >= 0.6 is 11.6 Å². The van der Waals surface area contributed by atoms with E-state index in [-0.39, 0.29) is 17.8 Å². The van der Waals surface area contributed by atoms with Crippen molar-refractivity contribution in [3.05, 3.63) is 106 Å². The van der Waals surface area contributed by atoms with Gasteiger partial charge in [0, 0.05) is 17.4 Å². The number of carbonyl (C=O) groups excluding carboxylic acids is 2. The Morgan fingerprint density at radius 1 is 0.939 bits per heavy atom. The maximum Gasteiger partial charge on any atom is 0.407 e. The number of hydrogen-bond donors (Lipinski definition) is 1. The maximum absolute atomic E-state index is 14.3. The van der Waals surface area contributed by atoms with Crippen LogP contribution in [-0.2, 0) is 4.74 Å². The Bertz CT molecular complexity index is 1060. The zero-order chi connectivity index (χ0) is 23.6. The second-order valence-electron chi connectivity index (χ2n) is 7.79. The summed E-state index contributed by atoms with van der Waals surface area (Å²) < 4.78 is 19.7. The van der Waals surface area contributed by atoms with Gasteiger partial charge in [-0.25, -0.2) is 9.18 Å². The smallest absolute Gasteiger partial charge is 0.407 e. The molecule has 0 fully saturated rings. The van der Waals surface area contributed by atoms with Crippen molar-refractivity contribution >= 4 is 23.5 Å². The van der Waals surface area contributed by atoms with E-state index in [0.717, 1.165) is 24.0 Å².